The average Bonchev–Trinajstić information content (AvgIpc) is 2.72. The van der Waals surface area contributed by atoms with Crippen molar-refractivity contribution in [1.29, 1.82) is 5.26 Å². The summed E-state index contributed by atoms with van der Waals surface area (Å²) in [5.41, 5.74) is 8.97. The SMILES string of the molecule is CC(=O)NCCc1c[nH]c2cc(C#N)cc(N)c12. The van der Waals surface area contributed by atoms with Crippen molar-refractivity contribution >= 4 is 22.5 Å². The lowest BCUT2D eigenvalue weighted by molar-refractivity contribution is -0.118. The molecule has 0 radical (unpaired) electrons. The Morgan fingerprint density at radius 1 is 1.56 bits per heavy atom. The van der Waals surface area contributed by atoms with E-state index in [0.717, 1.165) is 16.5 Å². The van der Waals surface area contributed by atoms with Gasteiger partial charge < -0.3 is 16.0 Å². The van der Waals surface area contributed by atoms with E-state index in [9.17, 15) is 4.79 Å². The Morgan fingerprint density at radius 3 is 3.00 bits per heavy atom. The lowest BCUT2D eigenvalue weighted by atomic mass is 10.1. The van der Waals surface area contributed by atoms with Gasteiger partial charge in [0.15, 0.2) is 0 Å². The first-order valence-corrected chi connectivity index (χ1v) is 5.66. The maximum Gasteiger partial charge on any atom is 0.216 e. The van der Waals surface area contributed by atoms with E-state index in [4.69, 9.17) is 11.0 Å². The fourth-order valence-corrected chi connectivity index (χ4v) is 2.01. The van der Waals surface area contributed by atoms with E-state index in [1.165, 1.54) is 6.92 Å². The van der Waals surface area contributed by atoms with Crippen LogP contribution in [0.25, 0.3) is 10.9 Å². The number of amides is 1. The monoisotopic (exact) mass is 242 g/mol. The van der Waals surface area contributed by atoms with E-state index in [0.29, 0.717) is 24.2 Å². The van der Waals surface area contributed by atoms with Crippen LogP contribution >= 0.6 is 0 Å². The van der Waals surface area contributed by atoms with Gasteiger partial charge in [-0.15, -0.1) is 0 Å². The maximum atomic E-state index is 10.8. The highest BCUT2D eigenvalue weighted by Gasteiger charge is 2.08. The van der Waals surface area contributed by atoms with E-state index >= 15 is 0 Å². The summed E-state index contributed by atoms with van der Waals surface area (Å²) in [5, 5.41) is 12.5. The summed E-state index contributed by atoms with van der Waals surface area (Å²) in [6.07, 6.45) is 2.57. The van der Waals surface area contributed by atoms with Gasteiger partial charge in [-0.25, -0.2) is 0 Å². The number of nitrogens with one attached hydrogen (secondary N) is 2. The van der Waals surface area contributed by atoms with E-state index < -0.39 is 0 Å². The number of nitrogens with zero attached hydrogens (tertiary/aromatic N) is 1. The molecule has 4 N–H and O–H groups in total. The molecule has 0 atom stereocenters. The maximum absolute atomic E-state index is 10.8. The van der Waals surface area contributed by atoms with Gasteiger partial charge in [0.2, 0.25) is 5.91 Å². The molecule has 2 aromatic rings. The molecule has 0 bridgehead atoms. The average molecular weight is 242 g/mol. The highest BCUT2D eigenvalue weighted by atomic mass is 16.1. The van der Waals surface area contributed by atoms with E-state index in [-0.39, 0.29) is 5.91 Å². The minimum atomic E-state index is -0.0467. The van der Waals surface area contributed by atoms with Crippen molar-refractivity contribution in [2.75, 3.05) is 12.3 Å². The molecular formula is C13H14N4O. The van der Waals surface area contributed by atoms with E-state index in [1.807, 2.05) is 6.20 Å². The van der Waals surface area contributed by atoms with Crippen LogP contribution in [-0.4, -0.2) is 17.4 Å². The number of carbonyl (C=O) groups is 1. The Hall–Kier alpha value is -2.48. The molecule has 0 saturated carbocycles. The van der Waals surface area contributed by atoms with Crippen LogP contribution in [0.3, 0.4) is 0 Å². The molecule has 5 heteroatoms. The van der Waals surface area contributed by atoms with Crippen LogP contribution in [0.2, 0.25) is 0 Å². The summed E-state index contributed by atoms with van der Waals surface area (Å²) >= 11 is 0. The summed E-state index contributed by atoms with van der Waals surface area (Å²) < 4.78 is 0. The number of benzene rings is 1. The molecule has 0 spiro atoms. The van der Waals surface area contributed by atoms with Crippen LogP contribution < -0.4 is 11.1 Å². The number of aromatic amines is 1. The fourth-order valence-electron chi connectivity index (χ4n) is 2.01. The van der Waals surface area contributed by atoms with Crippen LogP contribution in [0.4, 0.5) is 5.69 Å². The number of nitrogens with two attached hydrogens (primary N) is 1. The van der Waals surface area contributed by atoms with Gasteiger partial charge in [0.05, 0.1) is 11.6 Å². The fraction of sp³-hybridized carbons (Fsp3) is 0.231. The number of anilines is 1. The predicted octanol–water partition coefficient (Wildman–Crippen LogP) is 1.30. The Morgan fingerprint density at radius 2 is 2.33 bits per heavy atom. The molecule has 18 heavy (non-hydrogen) atoms. The van der Waals surface area contributed by atoms with Crippen LogP contribution in [0, 0.1) is 11.3 Å². The minimum absolute atomic E-state index is 0.0467. The third-order valence-electron chi connectivity index (χ3n) is 2.79. The van der Waals surface area contributed by atoms with Crippen molar-refractivity contribution in [1.82, 2.24) is 10.3 Å². The number of fused-ring (bicyclic) bond motifs is 1. The Labute approximate surface area is 105 Å². The molecule has 92 valence electrons. The molecule has 0 aliphatic heterocycles. The molecule has 0 aliphatic carbocycles. The van der Waals surface area contributed by atoms with Crippen molar-refractivity contribution in [3.63, 3.8) is 0 Å². The third kappa shape index (κ3) is 2.28. The number of aromatic nitrogens is 1. The van der Waals surface area contributed by atoms with Crippen LogP contribution in [0.1, 0.15) is 18.1 Å². The second-order valence-corrected chi connectivity index (χ2v) is 4.15. The standard InChI is InChI=1S/C13H14N4O/c1-8(18)16-3-2-10-7-17-12-5-9(6-14)4-11(15)13(10)12/h4-5,7,17H,2-3,15H2,1H3,(H,16,18). The first kappa shape index (κ1) is 12.0. The van der Waals surface area contributed by atoms with Crippen molar-refractivity contribution in [3.05, 3.63) is 29.5 Å². The van der Waals surface area contributed by atoms with Gasteiger partial charge >= 0.3 is 0 Å². The first-order valence-electron chi connectivity index (χ1n) is 5.66. The summed E-state index contributed by atoms with van der Waals surface area (Å²) in [4.78, 5) is 13.9. The Kier molecular flexibility index (Phi) is 3.20. The number of nitriles is 1. The van der Waals surface area contributed by atoms with Crippen LogP contribution in [0.5, 0.6) is 0 Å². The molecular weight excluding hydrogens is 228 g/mol. The molecule has 1 aromatic heterocycles. The summed E-state index contributed by atoms with van der Waals surface area (Å²) in [6, 6.07) is 5.51. The zero-order valence-corrected chi connectivity index (χ0v) is 10.1. The Bertz CT molecular complexity index is 636. The molecule has 0 unspecified atom stereocenters. The largest absolute Gasteiger partial charge is 0.398 e. The molecule has 0 saturated heterocycles. The molecule has 0 aliphatic rings. The molecule has 1 heterocycles. The summed E-state index contributed by atoms with van der Waals surface area (Å²) in [7, 11) is 0. The topological polar surface area (TPSA) is 94.7 Å². The number of rotatable bonds is 3. The second kappa shape index (κ2) is 4.80. The second-order valence-electron chi connectivity index (χ2n) is 4.15. The minimum Gasteiger partial charge on any atom is -0.398 e. The lowest BCUT2D eigenvalue weighted by Gasteiger charge is -2.03. The van der Waals surface area contributed by atoms with Crippen molar-refractivity contribution in [2.24, 2.45) is 0 Å². The zero-order valence-electron chi connectivity index (χ0n) is 10.1. The van der Waals surface area contributed by atoms with Gasteiger partial charge in [0.1, 0.15) is 0 Å². The van der Waals surface area contributed by atoms with Gasteiger partial charge in [-0.05, 0) is 24.1 Å². The van der Waals surface area contributed by atoms with Crippen LogP contribution in [-0.2, 0) is 11.2 Å². The smallest absolute Gasteiger partial charge is 0.216 e. The third-order valence-corrected chi connectivity index (χ3v) is 2.79. The van der Waals surface area contributed by atoms with E-state index in [1.54, 1.807) is 12.1 Å². The number of H-pyrrole nitrogens is 1. The van der Waals surface area contributed by atoms with Gasteiger partial charge in [-0.3, -0.25) is 4.79 Å². The summed E-state index contributed by atoms with van der Waals surface area (Å²) in [5.74, 6) is -0.0467. The zero-order chi connectivity index (χ0) is 13.1. The van der Waals surface area contributed by atoms with E-state index in [2.05, 4.69) is 16.4 Å². The molecule has 5 nitrogen and oxygen atoms in total. The predicted molar refractivity (Wildman–Crippen MR) is 69.8 cm³/mol. The highest BCUT2D eigenvalue weighted by molar-refractivity contribution is 5.95. The molecule has 2 rings (SSSR count). The first-order chi connectivity index (χ1) is 8.61. The van der Waals surface area contributed by atoms with Gasteiger partial charge in [0.25, 0.3) is 0 Å². The number of carbonyl (C=O) groups excluding carboxylic acids is 1. The van der Waals surface area contributed by atoms with Gasteiger partial charge in [0, 0.05) is 36.3 Å². The van der Waals surface area contributed by atoms with Crippen molar-refractivity contribution < 1.29 is 4.79 Å². The normalized spacial score (nSPS) is 10.2. The Balaban J connectivity index is 2.30. The summed E-state index contributed by atoms with van der Waals surface area (Å²) in [6.45, 7) is 2.06. The number of hydrogen-bond donors (Lipinski definition) is 3. The number of nitrogen functional groups attached to an aromatic ring is 1. The van der Waals surface area contributed by atoms with Gasteiger partial charge in [-0.1, -0.05) is 0 Å². The highest BCUT2D eigenvalue weighted by Crippen LogP contribution is 2.26. The quantitative estimate of drug-likeness (QED) is 0.708. The van der Waals surface area contributed by atoms with Crippen molar-refractivity contribution in [3.8, 4) is 6.07 Å². The van der Waals surface area contributed by atoms with Crippen molar-refractivity contribution in [2.45, 2.75) is 13.3 Å². The van der Waals surface area contributed by atoms with Gasteiger partial charge in [-0.2, -0.15) is 5.26 Å². The number of hydrogen-bond acceptors (Lipinski definition) is 3. The lowest BCUT2D eigenvalue weighted by Crippen LogP contribution is -2.22. The molecule has 1 amide bonds. The van der Waals surface area contributed by atoms with Crippen LogP contribution in [0.15, 0.2) is 18.3 Å². The molecule has 1 aromatic carbocycles. The molecule has 0 fully saturated rings.